The van der Waals surface area contributed by atoms with Gasteiger partial charge >= 0.3 is 11.9 Å². The van der Waals surface area contributed by atoms with E-state index < -0.39 is 0 Å². The molecule has 2 aliphatic carbocycles. The Morgan fingerprint density at radius 1 is 0.644 bits per heavy atom. The standard InChI is InChI=1S/C39H46N2O4/c1-4-11-26-17-21-29(22-18-26)38(42)44-36-31-15-9-10-16-32(31)37(45-39(43)30-23-19-27(12-5-2)20-24-30)35-34(36)40-25(3)33(41-35)28-13-7-6-8-14-28/h6-10,13-16,26-27,29-30H,4-5,11-12,17-24H2,1-3H3/t26-,27-,29-,30-. The second-order valence-electron chi connectivity index (χ2n) is 13.3. The number of aromatic nitrogens is 2. The molecule has 0 atom stereocenters. The molecular weight excluding hydrogens is 560 g/mol. The molecule has 1 aromatic heterocycles. The van der Waals surface area contributed by atoms with E-state index in [1.807, 2.05) is 61.5 Å². The first-order valence-electron chi connectivity index (χ1n) is 17.2. The number of rotatable bonds is 9. The monoisotopic (exact) mass is 606 g/mol. The van der Waals surface area contributed by atoms with Crippen molar-refractivity contribution in [1.29, 1.82) is 0 Å². The molecule has 0 N–H and O–H groups in total. The normalized spacial score (nSPS) is 21.9. The molecule has 0 radical (unpaired) electrons. The third-order valence-corrected chi connectivity index (χ3v) is 10.1. The number of carbonyl (C=O) groups excluding carboxylic acids is 2. The van der Waals surface area contributed by atoms with E-state index in [1.54, 1.807) is 0 Å². The van der Waals surface area contributed by atoms with E-state index in [9.17, 15) is 9.59 Å². The van der Waals surface area contributed by atoms with Gasteiger partial charge in [0.25, 0.3) is 0 Å². The molecule has 4 aromatic rings. The number of carbonyl (C=O) groups is 2. The molecule has 0 amide bonds. The zero-order valence-electron chi connectivity index (χ0n) is 27.0. The molecule has 2 saturated carbocycles. The van der Waals surface area contributed by atoms with Gasteiger partial charge in [-0.25, -0.2) is 9.97 Å². The van der Waals surface area contributed by atoms with Crippen LogP contribution in [0, 0.1) is 30.6 Å². The van der Waals surface area contributed by atoms with E-state index in [2.05, 4.69) is 13.8 Å². The zero-order chi connectivity index (χ0) is 31.3. The minimum Gasteiger partial charge on any atom is -0.423 e. The lowest BCUT2D eigenvalue weighted by molar-refractivity contribution is -0.141. The van der Waals surface area contributed by atoms with Gasteiger partial charge in [0.1, 0.15) is 11.0 Å². The molecule has 0 bridgehead atoms. The highest BCUT2D eigenvalue weighted by molar-refractivity contribution is 6.10. The fraction of sp³-hybridized carbons (Fsp3) is 0.487. The summed E-state index contributed by atoms with van der Waals surface area (Å²) in [5.74, 6) is 1.48. The second kappa shape index (κ2) is 14.1. The highest BCUT2D eigenvalue weighted by Crippen LogP contribution is 2.44. The van der Waals surface area contributed by atoms with E-state index >= 15 is 0 Å². The Bertz CT molecular complexity index is 1650. The Morgan fingerprint density at radius 2 is 1.09 bits per heavy atom. The Balaban J connectivity index is 1.41. The molecule has 2 aliphatic rings. The molecule has 2 fully saturated rings. The van der Waals surface area contributed by atoms with E-state index in [0.717, 1.165) is 56.9 Å². The van der Waals surface area contributed by atoms with E-state index in [4.69, 9.17) is 19.4 Å². The van der Waals surface area contributed by atoms with Crippen LogP contribution in [0.15, 0.2) is 54.6 Å². The smallest absolute Gasteiger partial charge is 0.314 e. The number of aryl methyl sites for hydroxylation is 1. The van der Waals surface area contributed by atoms with Gasteiger partial charge in [0.05, 0.1) is 23.2 Å². The predicted molar refractivity (Wildman–Crippen MR) is 179 cm³/mol. The summed E-state index contributed by atoms with van der Waals surface area (Å²) in [6.45, 7) is 6.37. The minimum atomic E-state index is -0.214. The third-order valence-electron chi connectivity index (χ3n) is 10.1. The van der Waals surface area contributed by atoms with Crippen molar-refractivity contribution in [2.24, 2.45) is 23.7 Å². The lowest BCUT2D eigenvalue weighted by Gasteiger charge is -2.28. The SMILES string of the molecule is CCC[C@H]1CC[C@H](C(=O)Oc2c3ccccc3c(OC(=O)[C@H]3CC[C@H](CCC)CC3)c3nc(-c4ccccc4)c(C)nc23)CC1. The maximum absolute atomic E-state index is 13.7. The van der Waals surface area contributed by atoms with Gasteiger partial charge in [-0.15, -0.1) is 0 Å². The maximum Gasteiger partial charge on any atom is 0.314 e. The molecule has 0 unspecified atom stereocenters. The first-order chi connectivity index (χ1) is 22.0. The van der Waals surface area contributed by atoms with Crippen molar-refractivity contribution >= 4 is 33.7 Å². The van der Waals surface area contributed by atoms with Crippen LogP contribution in [-0.4, -0.2) is 21.9 Å². The van der Waals surface area contributed by atoms with Gasteiger partial charge in [0, 0.05) is 16.3 Å². The topological polar surface area (TPSA) is 78.4 Å². The molecule has 1 heterocycles. The summed E-state index contributed by atoms with van der Waals surface area (Å²) in [6.07, 6.45) is 12.4. The van der Waals surface area contributed by atoms with Crippen LogP contribution in [0.1, 0.15) is 96.6 Å². The van der Waals surface area contributed by atoms with Crippen LogP contribution in [0.3, 0.4) is 0 Å². The van der Waals surface area contributed by atoms with Gasteiger partial charge in [-0.05, 0) is 70.1 Å². The molecule has 6 rings (SSSR count). The van der Waals surface area contributed by atoms with Crippen LogP contribution in [0.4, 0.5) is 0 Å². The fourth-order valence-corrected chi connectivity index (χ4v) is 7.60. The molecule has 45 heavy (non-hydrogen) atoms. The molecule has 3 aromatic carbocycles. The predicted octanol–water partition coefficient (Wildman–Crippen LogP) is 9.78. The highest BCUT2D eigenvalue weighted by atomic mass is 16.5. The van der Waals surface area contributed by atoms with Gasteiger partial charge in [-0.3, -0.25) is 9.59 Å². The Morgan fingerprint density at radius 3 is 1.56 bits per heavy atom. The van der Waals surface area contributed by atoms with Gasteiger partial charge in [0.15, 0.2) is 11.5 Å². The van der Waals surface area contributed by atoms with Crippen LogP contribution >= 0.6 is 0 Å². The summed E-state index contributed by atoms with van der Waals surface area (Å²) in [5.41, 5.74) is 3.25. The quantitative estimate of drug-likeness (QED) is 0.107. The van der Waals surface area contributed by atoms with Crippen molar-refractivity contribution in [3.05, 3.63) is 60.3 Å². The molecular formula is C39H46N2O4. The third kappa shape index (κ3) is 6.75. The summed E-state index contributed by atoms with van der Waals surface area (Å²) in [7, 11) is 0. The van der Waals surface area contributed by atoms with E-state index in [0.29, 0.717) is 56.5 Å². The maximum atomic E-state index is 13.7. The minimum absolute atomic E-state index is 0.134. The van der Waals surface area contributed by atoms with Gasteiger partial charge < -0.3 is 9.47 Å². The molecule has 0 aliphatic heterocycles. The van der Waals surface area contributed by atoms with Crippen molar-refractivity contribution in [1.82, 2.24) is 9.97 Å². The van der Waals surface area contributed by atoms with Crippen molar-refractivity contribution < 1.29 is 19.1 Å². The van der Waals surface area contributed by atoms with Crippen molar-refractivity contribution in [2.75, 3.05) is 0 Å². The van der Waals surface area contributed by atoms with Crippen molar-refractivity contribution in [3.63, 3.8) is 0 Å². The Hall–Kier alpha value is -3.80. The summed E-state index contributed by atoms with van der Waals surface area (Å²) in [4.78, 5) is 37.5. The van der Waals surface area contributed by atoms with Crippen LogP contribution in [0.2, 0.25) is 0 Å². The summed E-state index contributed by atoms with van der Waals surface area (Å²) in [6, 6.07) is 17.6. The van der Waals surface area contributed by atoms with Crippen molar-refractivity contribution in [2.45, 2.75) is 97.8 Å². The number of benzene rings is 3. The van der Waals surface area contributed by atoms with Crippen LogP contribution in [0.5, 0.6) is 11.5 Å². The Kier molecular flexibility index (Phi) is 9.77. The van der Waals surface area contributed by atoms with Gasteiger partial charge in [-0.2, -0.15) is 0 Å². The Labute approximate surface area is 266 Å². The lowest BCUT2D eigenvalue weighted by atomic mass is 9.80. The van der Waals surface area contributed by atoms with Crippen molar-refractivity contribution in [3.8, 4) is 22.8 Å². The summed E-state index contributed by atoms with van der Waals surface area (Å²) >= 11 is 0. The lowest BCUT2D eigenvalue weighted by Crippen LogP contribution is -2.26. The molecule has 6 heteroatoms. The van der Waals surface area contributed by atoms with Gasteiger partial charge in [0.2, 0.25) is 0 Å². The van der Waals surface area contributed by atoms with E-state index in [1.165, 1.54) is 25.7 Å². The first-order valence-corrected chi connectivity index (χ1v) is 17.2. The van der Waals surface area contributed by atoms with Crippen LogP contribution < -0.4 is 9.47 Å². The average Bonchev–Trinajstić information content (AvgIpc) is 3.07. The van der Waals surface area contributed by atoms with Crippen LogP contribution in [-0.2, 0) is 9.59 Å². The molecule has 0 spiro atoms. The van der Waals surface area contributed by atoms with E-state index in [-0.39, 0.29) is 23.8 Å². The fourth-order valence-electron chi connectivity index (χ4n) is 7.60. The van der Waals surface area contributed by atoms with Crippen LogP contribution in [0.25, 0.3) is 33.1 Å². The first kappa shape index (κ1) is 31.2. The number of fused-ring (bicyclic) bond motifs is 2. The zero-order valence-corrected chi connectivity index (χ0v) is 27.0. The number of hydrogen-bond acceptors (Lipinski definition) is 6. The molecule has 236 valence electrons. The second-order valence-corrected chi connectivity index (χ2v) is 13.3. The number of ether oxygens (including phenoxy) is 2. The number of esters is 2. The van der Waals surface area contributed by atoms with Gasteiger partial charge in [-0.1, -0.05) is 94.1 Å². The highest BCUT2D eigenvalue weighted by Gasteiger charge is 2.32. The number of hydrogen-bond donors (Lipinski definition) is 0. The summed E-state index contributed by atoms with van der Waals surface area (Å²) < 4.78 is 12.6. The average molecular weight is 607 g/mol. The molecule has 6 nitrogen and oxygen atoms in total. The summed E-state index contributed by atoms with van der Waals surface area (Å²) in [5, 5.41) is 1.40. The molecule has 0 saturated heterocycles. The number of nitrogens with zero attached hydrogens (tertiary/aromatic N) is 2. The largest absolute Gasteiger partial charge is 0.423 e.